The fourth-order valence-electron chi connectivity index (χ4n) is 2.41. The Morgan fingerprint density at radius 2 is 1.90 bits per heavy atom. The molecule has 2 rings (SSSR count). The molecule has 108 valence electrons. The van der Waals surface area contributed by atoms with E-state index < -0.39 is 0 Å². The molecule has 1 aliphatic heterocycles. The lowest BCUT2D eigenvalue weighted by Gasteiger charge is -2.35. The van der Waals surface area contributed by atoms with E-state index in [1.807, 2.05) is 18.2 Å². The van der Waals surface area contributed by atoms with Gasteiger partial charge in [0.05, 0.1) is 6.42 Å². The Morgan fingerprint density at radius 1 is 1.25 bits per heavy atom. The second kappa shape index (κ2) is 5.60. The van der Waals surface area contributed by atoms with Gasteiger partial charge in [-0.25, -0.2) is 0 Å². The van der Waals surface area contributed by atoms with E-state index in [4.69, 9.17) is 0 Å². The number of hydrogen-bond donors (Lipinski definition) is 1. The second-order valence-corrected chi connectivity index (χ2v) is 6.75. The maximum Gasteiger partial charge on any atom is 0.260 e. The van der Waals surface area contributed by atoms with Crippen LogP contribution < -0.4 is 0 Å². The molecule has 0 N–H and O–H groups in total. The van der Waals surface area contributed by atoms with Gasteiger partial charge in [-0.3, -0.25) is 14.5 Å². The molecule has 0 bridgehead atoms. The predicted molar refractivity (Wildman–Crippen MR) is 83.0 cm³/mol. The van der Waals surface area contributed by atoms with Gasteiger partial charge < -0.3 is 0 Å². The number of rotatable bonds is 3. The van der Waals surface area contributed by atoms with Gasteiger partial charge in [-0.1, -0.05) is 39.0 Å². The fraction of sp³-hybridized carbons (Fsp3) is 0.500. The predicted octanol–water partition coefficient (Wildman–Crippen LogP) is 2.80. The maximum atomic E-state index is 12.5. The summed E-state index contributed by atoms with van der Waals surface area (Å²) in [5, 5.41) is 0. The maximum absolute atomic E-state index is 12.5. The number of amides is 2. The van der Waals surface area contributed by atoms with Crippen molar-refractivity contribution >= 4 is 24.4 Å². The summed E-state index contributed by atoms with van der Waals surface area (Å²) in [4.78, 5) is 26.1. The Kier molecular flexibility index (Phi) is 4.23. The molecule has 2 amide bonds. The van der Waals surface area contributed by atoms with Gasteiger partial charge in [0, 0.05) is 12.1 Å². The Morgan fingerprint density at radius 3 is 2.50 bits per heavy atom. The van der Waals surface area contributed by atoms with Crippen molar-refractivity contribution in [1.29, 1.82) is 0 Å². The van der Waals surface area contributed by atoms with E-state index in [9.17, 15) is 9.59 Å². The second-order valence-electron chi connectivity index (χ2n) is 6.39. The summed E-state index contributed by atoms with van der Waals surface area (Å²) in [7, 11) is 0. The van der Waals surface area contributed by atoms with E-state index in [0.717, 1.165) is 5.56 Å². The van der Waals surface area contributed by atoms with Crippen molar-refractivity contribution in [1.82, 2.24) is 4.90 Å². The quantitative estimate of drug-likeness (QED) is 0.687. The highest BCUT2D eigenvalue weighted by Crippen LogP contribution is 2.29. The monoisotopic (exact) mass is 291 g/mol. The number of carbonyl (C=O) groups is 2. The number of carbonyl (C=O) groups excluding carboxylic acids is 2. The van der Waals surface area contributed by atoms with Gasteiger partial charge in [0.1, 0.15) is 0 Å². The molecule has 0 spiro atoms. The molecule has 20 heavy (non-hydrogen) atoms. The van der Waals surface area contributed by atoms with Crippen LogP contribution in [-0.2, 0) is 11.2 Å². The molecule has 0 fully saturated rings. The van der Waals surface area contributed by atoms with Gasteiger partial charge in [0.15, 0.2) is 0 Å². The lowest BCUT2D eigenvalue weighted by Crippen LogP contribution is -2.47. The van der Waals surface area contributed by atoms with E-state index in [0.29, 0.717) is 24.3 Å². The normalized spacial score (nSPS) is 17.1. The molecule has 1 atom stereocenters. The summed E-state index contributed by atoms with van der Waals surface area (Å²) in [6, 6.07) is 7.34. The van der Waals surface area contributed by atoms with Crippen LogP contribution in [0.3, 0.4) is 0 Å². The molecule has 1 aromatic carbocycles. The van der Waals surface area contributed by atoms with Crippen LogP contribution in [-0.4, -0.2) is 29.0 Å². The van der Waals surface area contributed by atoms with Gasteiger partial charge in [0.25, 0.3) is 5.91 Å². The third-order valence-electron chi connectivity index (χ3n) is 3.98. The van der Waals surface area contributed by atoms with Gasteiger partial charge in [-0.2, -0.15) is 12.6 Å². The Labute approximate surface area is 125 Å². The number of benzene rings is 1. The molecule has 0 saturated carbocycles. The number of nitrogens with zero attached hydrogens (tertiary/aromatic N) is 1. The first-order valence-corrected chi connectivity index (χ1v) is 7.51. The molecule has 0 aliphatic carbocycles. The van der Waals surface area contributed by atoms with E-state index >= 15 is 0 Å². The van der Waals surface area contributed by atoms with Crippen molar-refractivity contribution in [2.45, 2.75) is 27.2 Å². The first kappa shape index (κ1) is 15.1. The lowest BCUT2D eigenvalue weighted by atomic mass is 9.81. The standard InChI is InChI=1S/C16H21NO2S/c1-16(2,3)12(10-20)9-17-14(18)8-11-6-4-5-7-13(11)15(17)19/h4-7,12,20H,8-10H2,1-3H3. The Bertz CT molecular complexity index is 534. The summed E-state index contributed by atoms with van der Waals surface area (Å²) in [6.45, 7) is 6.78. The van der Waals surface area contributed by atoms with Crippen LogP contribution in [0.25, 0.3) is 0 Å². The molecule has 4 heteroatoms. The first-order valence-electron chi connectivity index (χ1n) is 6.88. The summed E-state index contributed by atoms with van der Waals surface area (Å²) in [6.07, 6.45) is 0.311. The van der Waals surface area contributed by atoms with E-state index in [-0.39, 0.29) is 23.1 Å². The zero-order valence-electron chi connectivity index (χ0n) is 12.2. The van der Waals surface area contributed by atoms with E-state index in [1.165, 1.54) is 4.90 Å². The minimum Gasteiger partial charge on any atom is -0.278 e. The Balaban J connectivity index is 2.26. The van der Waals surface area contributed by atoms with Gasteiger partial charge >= 0.3 is 0 Å². The SMILES string of the molecule is CC(C)(C)C(CS)CN1C(=O)Cc2ccccc2C1=O. The average molecular weight is 291 g/mol. The van der Waals surface area contributed by atoms with Crippen molar-refractivity contribution in [3.8, 4) is 0 Å². The summed E-state index contributed by atoms with van der Waals surface area (Å²) >= 11 is 4.37. The van der Waals surface area contributed by atoms with Gasteiger partial charge in [-0.05, 0) is 28.7 Å². The highest BCUT2D eigenvalue weighted by Gasteiger charge is 2.34. The topological polar surface area (TPSA) is 37.4 Å². The molecule has 3 nitrogen and oxygen atoms in total. The van der Waals surface area contributed by atoms with Crippen LogP contribution in [0.2, 0.25) is 0 Å². The molecule has 1 aromatic rings. The van der Waals surface area contributed by atoms with Gasteiger partial charge in [-0.15, -0.1) is 0 Å². The van der Waals surface area contributed by atoms with Crippen LogP contribution in [0, 0.1) is 11.3 Å². The fourth-order valence-corrected chi connectivity index (χ4v) is 3.07. The molecular formula is C16H21NO2S. The first-order chi connectivity index (χ1) is 9.34. The molecule has 1 heterocycles. The van der Waals surface area contributed by atoms with Crippen molar-refractivity contribution in [3.63, 3.8) is 0 Å². The van der Waals surface area contributed by atoms with Crippen molar-refractivity contribution < 1.29 is 9.59 Å². The molecule has 0 saturated heterocycles. The molecule has 1 unspecified atom stereocenters. The molecule has 1 aliphatic rings. The minimum absolute atomic E-state index is 0.0132. The van der Waals surface area contributed by atoms with E-state index in [1.54, 1.807) is 6.07 Å². The molecule has 0 aromatic heterocycles. The van der Waals surface area contributed by atoms with Crippen molar-refractivity contribution in [2.75, 3.05) is 12.3 Å². The zero-order chi connectivity index (χ0) is 14.9. The van der Waals surface area contributed by atoms with Crippen LogP contribution >= 0.6 is 12.6 Å². The summed E-state index contributed by atoms with van der Waals surface area (Å²) < 4.78 is 0. The van der Waals surface area contributed by atoms with Crippen molar-refractivity contribution in [3.05, 3.63) is 35.4 Å². The third-order valence-corrected chi connectivity index (χ3v) is 4.42. The average Bonchev–Trinajstić information content (AvgIpc) is 2.37. The number of imide groups is 1. The van der Waals surface area contributed by atoms with Crippen molar-refractivity contribution in [2.24, 2.45) is 11.3 Å². The highest BCUT2D eigenvalue weighted by molar-refractivity contribution is 7.80. The number of fused-ring (bicyclic) bond motifs is 1. The summed E-state index contributed by atoms with van der Waals surface area (Å²) in [5.74, 6) is 0.559. The van der Waals surface area contributed by atoms with Crippen LogP contribution in [0.1, 0.15) is 36.7 Å². The number of thiol groups is 1. The Hall–Kier alpha value is -1.29. The zero-order valence-corrected chi connectivity index (χ0v) is 13.1. The molecule has 0 radical (unpaired) electrons. The molecular weight excluding hydrogens is 270 g/mol. The van der Waals surface area contributed by atoms with Crippen LogP contribution in [0.15, 0.2) is 24.3 Å². The highest BCUT2D eigenvalue weighted by atomic mass is 32.1. The largest absolute Gasteiger partial charge is 0.278 e. The lowest BCUT2D eigenvalue weighted by molar-refractivity contribution is -0.129. The third kappa shape index (κ3) is 2.90. The van der Waals surface area contributed by atoms with Crippen LogP contribution in [0.4, 0.5) is 0 Å². The van der Waals surface area contributed by atoms with Gasteiger partial charge in [0.2, 0.25) is 5.91 Å². The minimum atomic E-state index is -0.173. The van der Waals surface area contributed by atoms with Crippen LogP contribution in [0.5, 0.6) is 0 Å². The smallest absolute Gasteiger partial charge is 0.260 e. The number of hydrogen-bond acceptors (Lipinski definition) is 3. The van der Waals surface area contributed by atoms with E-state index in [2.05, 4.69) is 33.4 Å². The summed E-state index contributed by atoms with van der Waals surface area (Å²) in [5.41, 5.74) is 1.50.